The lowest BCUT2D eigenvalue weighted by Crippen LogP contribution is -2.70. The van der Waals surface area contributed by atoms with Crippen molar-refractivity contribution in [1.29, 1.82) is 0 Å². The van der Waals surface area contributed by atoms with Crippen molar-refractivity contribution in [3.8, 4) is 0 Å². The molecule has 6 nitrogen and oxygen atoms in total. The smallest absolute Gasteiger partial charge is 0.225 e. The van der Waals surface area contributed by atoms with Crippen LogP contribution in [0.25, 0.3) is 0 Å². The summed E-state index contributed by atoms with van der Waals surface area (Å²) < 4.78 is 5.73. The molecule has 1 amide bonds. The van der Waals surface area contributed by atoms with Crippen LogP contribution in [0.2, 0.25) is 0 Å². The van der Waals surface area contributed by atoms with E-state index < -0.39 is 0 Å². The number of nitrogens with one attached hydrogen (secondary N) is 2. The predicted molar refractivity (Wildman–Crippen MR) is 122 cm³/mol. The molecule has 2 N–H and O–H groups in total. The van der Waals surface area contributed by atoms with Crippen molar-refractivity contribution < 1.29 is 9.53 Å². The van der Waals surface area contributed by atoms with Crippen LogP contribution in [0, 0.1) is 11.3 Å². The Morgan fingerprint density at radius 2 is 1.81 bits per heavy atom. The fourth-order valence-corrected chi connectivity index (χ4v) is 3.98. The molecule has 0 spiro atoms. The van der Waals surface area contributed by atoms with E-state index in [0.29, 0.717) is 12.1 Å². The molecule has 1 saturated heterocycles. The van der Waals surface area contributed by atoms with Gasteiger partial charge in [-0.1, -0.05) is 27.7 Å². The quantitative estimate of drug-likeness (QED) is 0.351. The molecular formula is C20H39IN4O2. The standard InChI is InChI=1S/C20H38N4O2.HI/c1-8-21-18(23-16-13-20(6,26-7)19(16,4)5)22-15-9-11-24(12-10-15)17(25)14(2)3;/h14-16H,8-13H2,1-7H3,(H2,21,22,23);1H. The molecule has 1 aliphatic carbocycles. The van der Waals surface area contributed by atoms with Gasteiger partial charge in [0.15, 0.2) is 5.96 Å². The minimum absolute atomic E-state index is 0. The van der Waals surface area contributed by atoms with Crippen LogP contribution in [0.5, 0.6) is 0 Å². The number of carbonyl (C=O) groups excluding carboxylic acids is 1. The molecule has 0 radical (unpaired) electrons. The molecule has 1 aliphatic heterocycles. The summed E-state index contributed by atoms with van der Waals surface area (Å²) >= 11 is 0. The van der Waals surface area contributed by atoms with Crippen LogP contribution >= 0.6 is 24.0 Å². The number of piperidine rings is 1. The third-order valence-electron chi connectivity index (χ3n) is 6.55. The second-order valence-electron chi connectivity index (χ2n) is 8.78. The van der Waals surface area contributed by atoms with E-state index in [0.717, 1.165) is 44.9 Å². The first-order valence-electron chi connectivity index (χ1n) is 10.1. The van der Waals surface area contributed by atoms with Crippen molar-refractivity contribution >= 4 is 35.8 Å². The molecule has 0 aromatic heterocycles. The van der Waals surface area contributed by atoms with Gasteiger partial charge >= 0.3 is 0 Å². The summed E-state index contributed by atoms with van der Waals surface area (Å²) in [5.74, 6) is 1.23. The number of likely N-dealkylation sites (tertiary alicyclic amines) is 1. The highest BCUT2D eigenvalue weighted by Gasteiger charge is 2.58. The van der Waals surface area contributed by atoms with E-state index >= 15 is 0 Å². The molecule has 2 rings (SSSR count). The van der Waals surface area contributed by atoms with Crippen molar-refractivity contribution in [1.82, 2.24) is 15.5 Å². The largest absolute Gasteiger partial charge is 0.378 e. The number of halogens is 1. The van der Waals surface area contributed by atoms with Gasteiger partial charge in [0.1, 0.15) is 0 Å². The third-order valence-corrected chi connectivity index (χ3v) is 6.55. The Morgan fingerprint density at radius 1 is 1.22 bits per heavy atom. The molecule has 2 unspecified atom stereocenters. The number of hydrogen-bond donors (Lipinski definition) is 2. The van der Waals surface area contributed by atoms with Gasteiger partial charge < -0.3 is 20.3 Å². The molecule has 2 aliphatic rings. The maximum Gasteiger partial charge on any atom is 0.225 e. The fourth-order valence-electron chi connectivity index (χ4n) is 3.98. The van der Waals surface area contributed by atoms with Gasteiger partial charge in [-0.15, -0.1) is 24.0 Å². The summed E-state index contributed by atoms with van der Waals surface area (Å²) in [6.45, 7) is 15.1. The average Bonchev–Trinajstić information content (AvgIpc) is 2.61. The van der Waals surface area contributed by atoms with Gasteiger partial charge in [0, 0.05) is 50.2 Å². The zero-order valence-electron chi connectivity index (χ0n) is 18.1. The summed E-state index contributed by atoms with van der Waals surface area (Å²) in [5.41, 5.74) is -0.0461. The summed E-state index contributed by atoms with van der Waals surface area (Å²) in [5, 5.41) is 7.20. The van der Waals surface area contributed by atoms with Gasteiger partial charge in [0.2, 0.25) is 5.91 Å². The summed E-state index contributed by atoms with van der Waals surface area (Å²) in [7, 11) is 1.80. The van der Waals surface area contributed by atoms with Crippen molar-refractivity contribution in [2.75, 3.05) is 26.7 Å². The van der Waals surface area contributed by atoms with E-state index in [-0.39, 0.29) is 46.8 Å². The van der Waals surface area contributed by atoms with Gasteiger partial charge in [0.05, 0.1) is 5.60 Å². The molecule has 27 heavy (non-hydrogen) atoms. The van der Waals surface area contributed by atoms with Crippen molar-refractivity contribution in [3.05, 3.63) is 0 Å². The molecule has 7 heteroatoms. The van der Waals surface area contributed by atoms with E-state index in [1.54, 1.807) is 7.11 Å². The Labute approximate surface area is 182 Å². The molecule has 158 valence electrons. The van der Waals surface area contributed by atoms with E-state index in [9.17, 15) is 4.79 Å². The van der Waals surface area contributed by atoms with Gasteiger partial charge in [-0.05, 0) is 33.1 Å². The lowest BCUT2D eigenvalue weighted by Gasteiger charge is -2.59. The highest BCUT2D eigenvalue weighted by Crippen LogP contribution is 2.51. The second kappa shape index (κ2) is 9.76. The molecule has 0 aromatic rings. The maximum atomic E-state index is 12.1. The number of hydrogen-bond acceptors (Lipinski definition) is 3. The maximum absolute atomic E-state index is 12.1. The molecule has 1 saturated carbocycles. The first-order chi connectivity index (χ1) is 12.1. The highest BCUT2D eigenvalue weighted by atomic mass is 127. The zero-order chi connectivity index (χ0) is 19.5. The molecular weight excluding hydrogens is 455 g/mol. The fraction of sp³-hybridized carbons (Fsp3) is 0.900. The van der Waals surface area contributed by atoms with Crippen molar-refractivity contribution in [3.63, 3.8) is 0 Å². The number of carbonyl (C=O) groups is 1. The van der Waals surface area contributed by atoms with Crippen LogP contribution in [-0.2, 0) is 9.53 Å². The predicted octanol–water partition coefficient (Wildman–Crippen LogP) is 3.01. The zero-order valence-corrected chi connectivity index (χ0v) is 20.4. The number of guanidine groups is 1. The second-order valence-corrected chi connectivity index (χ2v) is 8.78. The van der Waals surface area contributed by atoms with E-state index in [2.05, 4.69) is 43.3 Å². The van der Waals surface area contributed by atoms with Crippen molar-refractivity contribution in [2.24, 2.45) is 16.3 Å². The lowest BCUT2D eigenvalue weighted by atomic mass is 9.56. The molecule has 2 fully saturated rings. The topological polar surface area (TPSA) is 66.0 Å². The van der Waals surface area contributed by atoms with Crippen LogP contribution in [0.15, 0.2) is 4.99 Å². The summed E-state index contributed by atoms with van der Waals surface area (Å²) in [6, 6.07) is 0.703. The number of methoxy groups -OCH3 is 1. The number of rotatable bonds is 5. The molecule has 0 bridgehead atoms. The van der Waals surface area contributed by atoms with E-state index in [1.807, 2.05) is 18.7 Å². The molecule has 2 atom stereocenters. The van der Waals surface area contributed by atoms with E-state index in [1.165, 1.54) is 0 Å². The first kappa shape index (κ1) is 24.5. The van der Waals surface area contributed by atoms with Crippen LogP contribution in [0.3, 0.4) is 0 Å². The summed E-state index contributed by atoms with van der Waals surface area (Å²) in [4.78, 5) is 18.8. The Kier molecular flexibility index (Phi) is 8.85. The van der Waals surface area contributed by atoms with Crippen LogP contribution < -0.4 is 10.6 Å². The normalized spacial score (nSPS) is 28.4. The monoisotopic (exact) mass is 494 g/mol. The van der Waals surface area contributed by atoms with Crippen LogP contribution in [0.1, 0.15) is 60.8 Å². The Bertz CT molecular complexity index is 530. The number of nitrogens with zero attached hydrogens (tertiary/aromatic N) is 2. The number of aliphatic imine (C=N–C) groups is 1. The Hall–Kier alpha value is -0.570. The Balaban J connectivity index is 0.00000364. The molecule has 0 aromatic carbocycles. The van der Waals surface area contributed by atoms with E-state index in [4.69, 9.17) is 4.74 Å². The summed E-state index contributed by atoms with van der Waals surface area (Å²) in [6.07, 6.45) is 2.90. The average molecular weight is 494 g/mol. The van der Waals surface area contributed by atoms with Gasteiger partial charge in [0.25, 0.3) is 0 Å². The van der Waals surface area contributed by atoms with Gasteiger partial charge in [-0.3, -0.25) is 9.79 Å². The Morgan fingerprint density at radius 3 is 2.26 bits per heavy atom. The SMILES string of the molecule is CCN=C(NC1CCN(C(=O)C(C)C)CC1)NC1CC(C)(OC)C1(C)C.I. The van der Waals surface area contributed by atoms with Crippen molar-refractivity contribution in [2.45, 2.75) is 78.5 Å². The highest BCUT2D eigenvalue weighted by molar-refractivity contribution is 14.0. The first-order valence-corrected chi connectivity index (χ1v) is 10.1. The number of amides is 1. The van der Waals surface area contributed by atoms with Crippen LogP contribution in [0.4, 0.5) is 0 Å². The minimum atomic E-state index is -0.0927. The number of ether oxygens (including phenoxy) is 1. The van der Waals surface area contributed by atoms with Crippen LogP contribution in [-0.4, -0.2) is 61.2 Å². The molecule has 1 heterocycles. The van der Waals surface area contributed by atoms with Gasteiger partial charge in [-0.25, -0.2) is 0 Å². The third kappa shape index (κ3) is 5.28. The minimum Gasteiger partial charge on any atom is -0.378 e. The lowest BCUT2D eigenvalue weighted by molar-refractivity contribution is -0.176. The van der Waals surface area contributed by atoms with Gasteiger partial charge in [-0.2, -0.15) is 0 Å².